The second-order valence-electron chi connectivity index (χ2n) is 6.65. The molecule has 21 heavy (non-hydrogen) atoms. The van der Waals surface area contributed by atoms with Crippen LogP contribution >= 0.6 is 0 Å². The van der Waals surface area contributed by atoms with Crippen molar-refractivity contribution in [3.8, 4) is 5.75 Å². The summed E-state index contributed by atoms with van der Waals surface area (Å²) in [6, 6.07) is 1.23. The molecule has 2 heterocycles. The lowest BCUT2D eigenvalue weighted by Crippen LogP contribution is -2.25. The summed E-state index contributed by atoms with van der Waals surface area (Å²) in [5.41, 5.74) is 0.148. The Balaban J connectivity index is 1.39. The Hall–Kier alpha value is -1.69. The summed E-state index contributed by atoms with van der Waals surface area (Å²) in [6.45, 7) is 1.66. The van der Waals surface area contributed by atoms with E-state index in [4.69, 9.17) is 14.6 Å². The third-order valence-electron chi connectivity index (χ3n) is 6.17. The monoisotopic (exact) mass is 291 g/mol. The summed E-state index contributed by atoms with van der Waals surface area (Å²) < 4.78 is 24.9. The highest BCUT2D eigenvalue weighted by Crippen LogP contribution is 2.98. The first-order chi connectivity index (χ1) is 10.1. The van der Waals surface area contributed by atoms with Gasteiger partial charge in [0.1, 0.15) is 17.4 Å². The molecular formula is C15H14FNO4. The van der Waals surface area contributed by atoms with Crippen molar-refractivity contribution in [2.24, 2.45) is 22.7 Å². The van der Waals surface area contributed by atoms with Crippen molar-refractivity contribution in [3.05, 3.63) is 23.8 Å². The number of hydrogen-bond acceptors (Lipinski definition) is 4. The molecule has 3 saturated carbocycles. The molecule has 110 valence electrons. The van der Waals surface area contributed by atoms with Crippen LogP contribution in [0.4, 0.5) is 4.39 Å². The molecule has 5 rings (SSSR count). The molecule has 0 bridgehead atoms. The molecule has 1 aromatic rings. The molecule has 1 aromatic heterocycles. The van der Waals surface area contributed by atoms with Crippen LogP contribution in [0.2, 0.25) is 0 Å². The fourth-order valence-corrected chi connectivity index (χ4v) is 5.38. The van der Waals surface area contributed by atoms with Crippen molar-refractivity contribution < 1.29 is 23.8 Å². The average molecular weight is 291 g/mol. The van der Waals surface area contributed by atoms with Gasteiger partial charge < -0.3 is 14.6 Å². The maximum Gasteiger partial charge on any atom is 0.340 e. The van der Waals surface area contributed by atoms with E-state index in [0.717, 1.165) is 26.1 Å². The zero-order valence-electron chi connectivity index (χ0n) is 11.2. The van der Waals surface area contributed by atoms with E-state index >= 15 is 0 Å². The molecule has 2 spiro atoms. The number of aromatic carboxylic acids is 1. The van der Waals surface area contributed by atoms with Gasteiger partial charge in [-0.15, -0.1) is 0 Å². The van der Waals surface area contributed by atoms with Gasteiger partial charge in [-0.2, -0.15) is 4.39 Å². The average Bonchev–Trinajstić information content (AvgIpc) is 3.18. The lowest BCUT2D eigenvalue weighted by Gasteiger charge is -2.25. The highest BCUT2D eigenvalue weighted by Gasteiger charge is 3.01. The van der Waals surface area contributed by atoms with Crippen LogP contribution in [0.5, 0.6) is 5.75 Å². The number of nitrogens with zero attached hydrogens (tertiary/aromatic N) is 1. The first kappa shape index (κ1) is 11.9. The maximum atomic E-state index is 13.3. The van der Waals surface area contributed by atoms with Crippen molar-refractivity contribution in [1.29, 1.82) is 0 Å². The van der Waals surface area contributed by atoms with Gasteiger partial charge in [0.2, 0.25) is 5.95 Å². The largest absolute Gasteiger partial charge is 0.488 e. The van der Waals surface area contributed by atoms with Gasteiger partial charge >= 0.3 is 5.97 Å². The summed E-state index contributed by atoms with van der Waals surface area (Å²) >= 11 is 0. The van der Waals surface area contributed by atoms with Gasteiger partial charge in [0.15, 0.2) is 0 Å². The van der Waals surface area contributed by atoms with Crippen LogP contribution in [-0.2, 0) is 4.74 Å². The fourth-order valence-electron chi connectivity index (χ4n) is 5.38. The highest BCUT2D eigenvalue weighted by molar-refractivity contribution is 5.87. The normalized spacial score (nSPS) is 44.7. The molecule has 0 radical (unpaired) electrons. The van der Waals surface area contributed by atoms with Gasteiger partial charge in [-0.05, 0) is 18.8 Å². The van der Waals surface area contributed by atoms with Crippen molar-refractivity contribution >= 4 is 5.97 Å². The van der Waals surface area contributed by atoms with Crippen molar-refractivity contribution in [3.63, 3.8) is 0 Å². The Morgan fingerprint density at radius 2 is 2.43 bits per heavy atom. The minimum absolute atomic E-state index is 0.123. The molecule has 5 unspecified atom stereocenters. The summed E-state index contributed by atoms with van der Waals surface area (Å²) in [7, 11) is 0. The van der Waals surface area contributed by atoms with Crippen molar-refractivity contribution in [1.82, 2.24) is 4.98 Å². The van der Waals surface area contributed by atoms with Crippen LogP contribution in [0.15, 0.2) is 12.3 Å². The molecule has 0 aromatic carbocycles. The molecule has 4 fully saturated rings. The Morgan fingerprint density at radius 1 is 1.57 bits per heavy atom. The molecule has 1 N–H and O–H groups in total. The van der Waals surface area contributed by atoms with Crippen LogP contribution in [0.1, 0.15) is 23.2 Å². The topological polar surface area (TPSA) is 68.7 Å². The molecule has 3 aliphatic carbocycles. The third kappa shape index (κ3) is 1.14. The minimum atomic E-state index is -1.33. The van der Waals surface area contributed by atoms with E-state index < -0.39 is 17.5 Å². The first-order valence-corrected chi connectivity index (χ1v) is 7.24. The van der Waals surface area contributed by atoms with Crippen molar-refractivity contribution in [2.75, 3.05) is 13.2 Å². The standard InChI is InChI=1S/C15H14FNO4/c16-12-8(13(18)19)3-7(5-17-12)21-11-9-4-14-6-20-2-1-10(14)15(9,11)14/h3,5,9-11H,1-2,4,6H2,(H,18,19). The van der Waals surface area contributed by atoms with Gasteiger partial charge in [-0.1, -0.05) is 0 Å². The number of rotatable bonds is 3. The molecule has 0 amide bonds. The zero-order chi connectivity index (χ0) is 14.4. The first-order valence-electron chi connectivity index (χ1n) is 7.24. The number of carbonyl (C=O) groups is 1. The highest BCUT2D eigenvalue weighted by atomic mass is 19.1. The molecule has 6 heteroatoms. The van der Waals surface area contributed by atoms with Crippen LogP contribution < -0.4 is 4.74 Å². The fraction of sp³-hybridized carbons (Fsp3) is 0.600. The predicted molar refractivity (Wildman–Crippen MR) is 67.5 cm³/mol. The van der Waals surface area contributed by atoms with E-state index in [1.165, 1.54) is 12.3 Å². The Bertz CT molecular complexity index is 680. The SMILES string of the molecule is O=C(O)c1cc(OC2C3CC45COCCC4C325)cnc1F. The molecule has 1 saturated heterocycles. The number of aromatic nitrogens is 1. The second kappa shape index (κ2) is 3.38. The van der Waals surface area contributed by atoms with E-state index in [2.05, 4.69) is 4.98 Å². The third-order valence-corrected chi connectivity index (χ3v) is 6.17. The van der Waals surface area contributed by atoms with Crippen LogP contribution in [0.3, 0.4) is 0 Å². The summed E-state index contributed by atoms with van der Waals surface area (Å²) in [5, 5.41) is 8.93. The number of halogens is 1. The number of ether oxygens (including phenoxy) is 2. The lowest BCUT2D eigenvalue weighted by atomic mass is 9.85. The number of pyridine rings is 1. The summed E-state index contributed by atoms with van der Waals surface area (Å²) in [5.74, 6) is -0.699. The van der Waals surface area contributed by atoms with Gasteiger partial charge in [-0.3, -0.25) is 0 Å². The molecule has 4 aliphatic rings. The molecule has 5 atom stereocenters. The van der Waals surface area contributed by atoms with Gasteiger partial charge in [0.25, 0.3) is 0 Å². The summed E-state index contributed by atoms with van der Waals surface area (Å²) in [4.78, 5) is 14.4. The van der Waals surface area contributed by atoms with E-state index in [9.17, 15) is 9.18 Å². The van der Waals surface area contributed by atoms with E-state index in [1.807, 2.05) is 0 Å². The van der Waals surface area contributed by atoms with Crippen LogP contribution in [-0.4, -0.2) is 35.4 Å². The van der Waals surface area contributed by atoms with Crippen LogP contribution in [0.25, 0.3) is 0 Å². The molecular weight excluding hydrogens is 277 g/mol. The number of carboxylic acids is 1. The van der Waals surface area contributed by atoms with Gasteiger partial charge in [-0.25, -0.2) is 9.78 Å². The van der Waals surface area contributed by atoms with E-state index in [0.29, 0.717) is 23.0 Å². The van der Waals surface area contributed by atoms with Gasteiger partial charge in [0, 0.05) is 29.4 Å². The van der Waals surface area contributed by atoms with E-state index in [1.54, 1.807) is 0 Å². The predicted octanol–water partition coefficient (Wildman–Crippen LogP) is 1.72. The smallest absolute Gasteiger partial charge is 0.340 e. The van der Waals surface area contributed by atoms with Crippen LogP contribution in [0, 0.1) is 28.6 Å². The second-order valence-corrected chi connectivity index (χ2v) is 6.65. The van der Waals surface area contributed by atoms with E-state index in [-0.39, 0.29) is 11.5 Å². The molecule has 5 nitrogen and oxygen atoms in total. The Labute approximate surface area is 120 Å². The van der Waals surface area contributed by atoms with Crippen molar-refractivity contribution in [2.45, 2.75) is 18.9 Å². The maximum absolute atomic E-state index is 13.3. The molecule has 1 aliphatic heterocycles. The lowest BCUT2D eigenvalue weighted by molar-refractivity contribution is 0.0260. The summed E-state index contributed by atoms with van der Waals surface area (Å²) in [6.07, 6.45) is 3.63. The number of hydrogen-bond donors (Lipinski definition) is 1. The quantitative estimate of drug-likeness (QED) is 0.859. The number of carboxylic acid groups (broad SMARTS) is 1. The zero-order valence-corrected chi connectivity index (χ0v) is 11.2. The van der Waals surface area contributed by atoms with Gasteiger partial charge in [0.05, 0.1) is 12.8 Å². The Morgan fingerprint density at radius 3 is 3.19 bits per heavy atom. The Kier molecular flexibility index (Phi) is 1.92. The minimum Gasteiger partial charge on any atom is -0.488 e.